The van der Waals surface area contributed by atoms with Crippen molar-refractivity contribution in [1.82, 2.24) is 0 Å². The Morgan fingerprint density at radius 1 is 0.914 bits per heavy atom. The summed E-state index contributed by atoms with van der Waals surface area (Å²) in [4.78, 5) is 28.1. The molecule has 7 nitrogen and oxygen atoms in total. The lowest BCUT2D eigenvalue weighted by molar-refractivity contribution is -0.132. The van der Waals surface area contributed by atoms with Gasteiger partial charge in [-0.3, -0.25) is 14.5 Å². The number of ketones is 1. The minimum absolute atomic E-state index is 0.0236. The van der Waals surface area contributed by atoms with Crippen LogP contribution in [0.3, 0.4) is 0 Å². The van der Waals surface area contributed by atoms with Crippen molar-refractivity contribution in [2.75, 3.05) is 25.7 Å². The maximum Gasteiger partial charge on any atom is 0.300 e. The van der Waals surface area contributed by atoms with Crippen molar-refractivity contribution < 1.29 is 28.9 Å². The summed E-state index contributed by atoms with van der Waals surface area (Å²) in [6.07, 6.45) is 0.872. The second-order valence-electron chi connectivity index (χ2n) is 7.99. The molecule has 35 heavy (non-hydrogen) atoms. The Morgan fingerprint density at radius 2 is 1.66 bits per heavy atom. The second-order valence-corrected chi connectivity index (χ2v) is 7.99. The molecule has 0 radical (unpaired) electrons. The van der Waals surface area contributed by atoms with E-state index in [1.165, 1.54) is 19.1 Å². The van der Waals surface area contributed by atoms with E-state index >= 15 is 0 Å². The number of nitrogens with zero attached hydrogens (tertiary/aromatic N) is 1. The minimum atomic E-state index is -0.868. The molecule has 0 aromatic heterocycles. The predicted octanol–water partition coefficient (Wildman–Crippen LogP) is 5.12. The van der Waals surface area contributed by atoms with Gasteiger partial charge in [-0.05, 0) is 48.4 Å². The molecular weight excluding hydrogens is 446 g/mol. The average Bonchev–Trinajstić information content (AvgIpc) is 3.17. The number of Topliss-reactive ketones (excluding diaryl/α,β-unsaturated/α-hetero) is 1. The molecule has 1 atom stereocenters. The normalized spacial score (nSPS) is 16.9. The summed E-state index contributed by atoms with van der Waals surface area (Å²) in [6.45, 7) is 2.60. The van der Waals surface area contributed by atoms with Crippen LogP contribution in [-0.4, -0.2) is 37.6 Å². The van der Waals surface area contributed by atoms with E-state index in [1.54, 1.807) is 72.8 Å². The first-order valence-electron chi connectivity index (χ1n) is 11.3. The van der Waals surface area contributed by atoms with Crippen LogP contribution in [0, 0.1) is 0 Å². The molecule has 4 rings (SSSR count). The largest absolute Gasteiger partial charge is 0.507 e. The van der Waals surface area contributed by atoms with Crippen LogP contribution in [0.15, 0.2) is 78.4 Å². The minimum Gasteiger partial charge on any atom is -0.507 e. The first kappa shape index (κ1) is 23.9. The van der Waals surface area contributed by atoms with Crippen LogP contribution in [0.1, 0.15) is 30.5 Å². The van der Waals surface area contributed by atoms with Gasteiger partial charge >= 0.3 is 0 Å². The van der Waals surface area contributed by atoms with Crippen LogP contribution >= 0.6 is 0 Å². The molecule has 0 spiro atoms. The summed E-state index contributed by atoms with van der Waals surface area (Å²) in [5.74, 6) is -0.226. The third kappa shape index (κ3) is 4.57. The molecule has 1 heterocycles. The van der Waals surface area contributed by atoms with E-state index in [-0.39, 0.29) is 11.3 Å². The highest BCUT2D eigenvalue weighted by Gasteiger charge is 2.47. The van der Waals surface area contributed by atoms with E-state index in [1.807, 2.05) is 6.92 Å². The monoisotopic (exact) mass is 473 g/mol. The van der Waals surface area contributed by atoms with Gasteiger partial charge in [0.05, 0.1) is 38.0 Å². The van der Waals surface area contributed by atoms with Crippen molar-refractivity contribution in [3.63, 3.8) is 0 Å². The number of benzene rings is 3. The molecule has 1 unspecified atom stereocenters. The Balaban J connectivity index is 1.90. The number of carbonyl (C=O) groups excluding carboxylic acids is 2. The summed E-state index contributed by atoms with van der Waals surface area (Å²) >= 11 is 0. The summed E-state index contributed by atoms with van der Waals surface area (Å²) in [7, 11) is 3.01. The molecule has 1 N–H and O–H groups in total. The highest BCUT2D eigenvalue weighted by atomic mass is 16.5. The van der Waals surface area contributed by atoms with Gasteiger partial charge in [-0.25, -0.2) is 0 Å². The number of aliphatic hydroxyl groups excluding tert-OH is 1. The van der Waals surface area contributed by atoms with Gasteiger partial charge in [-0.15, -0.1) is 0 Å². The fraction of sp³-hybridized carbons (Fsp3) is 0.214. The summed E-state index contributed by atoms with van der Waals surface area (Å²) in [5.41, 5.74) is 1.42. The van der Waals surface area contributed by atoms with Crippen molar-refractivity contribution in [2.24, 2.45) is 0 Å². The molecule has 1 saturated heterocycles. The van der Waals surface area contributed by atoms with E-state index < -0.39 is 17.7 Å². The molecule has 180 valence electrons. The Labute approximate surface area is 204 Å². The SMILES string of the molecule is CCCOc1ccc(C2/C(=C(\O)c3ccccc3OC)C(=O)C(=O)N2c2cccc(OC)c2)cc1. The number of carbonyl (C=O) groups is 2. The fourth-order valence-electron chi connectivity index (χ4n) is 4.13. The summed E-state index contributed by atoms with van der Waals surface area (Å²) in [5, 5.41) is 11.3. The van der Waals surface area contributed by atoms with Crippen LogP contribution < -0.4 is 19.1 Å². The highest BCUT2D eigenvalue weighted by Crippen LogP contribution is 2.44. The maximum absolute atomic E-state index is 13.3. The average molecular weight is 474 g/mol. The van der Waals surface area contributed by atoms with Gasteiger partial charge in [-0.2, -0.15) is 0 Å². The number of aliphatic hydroxyl groups is 1. The summed E-state index contributed by atoms with van der Waals surface area (Å²) < 4.78 is 16.4. The van der Waals surface area contributed by atoms with Gasteiger partial charge in [0.2, 0.25) is 0 Å². The number of ether oxygens (including phenoxy) is 3. The quantitative estimate of drug-likeness (QED) is 0.278. The Bertz CT molecular complexity index is 1260. The molecule has 1 amide bonds. The van der Waals surface area contributed by atoms with Gasteiger partial charge in [-0.1, -0.05) is 37.3 Å². The van der Waals surface area contributed by atoms with Gasteiger partial charge in [0.25, 0.3) is 11.7 Å². The van der Waals surface area contributed by atoms with E-state index in [4.69, 9.17) is 14.2 Å². The van der Waals surface area contributed by atoms with Gasteiger partial charge in [0, 0.05) is 11.8 Å². The number of anilines is 1. The lowest BCUT2D eigenvalue weighted by Crippen LogP contribution is -2.29. The standard InChI is InChI=1S/C28H27NO6/c1-4-16-35-20-14-12-18(13-15-20)25-24(26(30)22-10-5-6-11-23(22)34-3)27(31)28(32)29(25)19-8-7-9-21(17-19)33-2/h5-15,17,25,30H,4,16H2,1-3H3/b26-24+. The number of amides is 1. The zero-order valence-electron chi connectivity index (χ0n) is 19.9. The zero-order valence-corrected chi connectivity index (χ0v) is 19.9. The van der Waals surface area contributed by atoms with Crippen molar-refractivity contribution in [3.05, 3.63) is 89.5 Å². The van der Waals surface area contributed by atoms with E-state index in [0.717, 1.165) is 6.42 Å². The number of para-hydroxylation sites is 1. The maximum atomic E-state index is 13.3. The Morgan fingerprint density at radius 3 is 2.34 bits per heavy atom. The molecule has 3 aromatic rings. The summed E-state index contributed by atoms with van der Waals surface area (Å²) in [6, 6.07) is 20.0. The molecule has 0 saturated carbocycles. The molecule has 0 aliphatic carbocycles. The molecule has 0 bridgehead atoms. The molecule has 1 aliphatic rings. The smallest absolute Gasteiger partial charge is 0.300 e. The van der Waals surface area contributed by atoms with Crippen LogP contribution in [0.4, 0.5) is 5.69 Å². The lowest BCUT2D eigenvalue weighted by atomic mass is 9.94. The molecule has 3 aromatic carbocycles. The van der Waals surface area contributed by atoms with Crippen LogP contribution in [0.5, 0.6) is 17.2 Å². The Kier molecular flexibility index (Phi) is 7.06. The van der Waals surface area contributed by atoms with Crippen molar-refractivity contribution >= 4 is 23.1 Å². The van der Waals surface area contributed by atoms with Gasteiger partial charge in [0.15, 0.2) is 0 Å². The highest BCUT2D eigenvalue weighted by molar-refractivity contribution is 6.51. The number of rotatable bonds is 8. The third-order valence-corrected chi connectivity index (χ3v) is 5.81. The van der Waals surface area contributed by atoms with Crippen LogP contribution in [-0.2, 0) is 9.59 Å². The number of hydrogen-bond donors (Lipinski definition) is 1. The van der Waals surface area contributed by atoms with E-state index in [9.17, 15) is 14.7 Å². The number of methoxy groups -OCH3 is 2. The van der Waals surface area contributed by atoms with E-state index in [2.05, 4.69) is 0 Å². The van der Waals surface area contributed by atoms with Crippen LogP contribution in [0.2, 0.25) is 0 Å². The predicted molar refractivity (Wildman–Crippen MR) is 133 cm³/mol. The molecule has 1 aliphatic heterocycles. The zero-order chi connectivity index (χ0) is 24.9. The Hall–Kier alpha value is -4.26. The first-order chi connectivity index (χ1) is 17.0. The fourth-order valence-corrected chi connectivity index (χ4v) is 4.13. The first-order valence-corrected chi connectivity index (χ1v) is 11.3. The van der Waals surface area contributed by atoms with E-state index in [0.29, 0.717) is 40.7 Å². The molecule has 7 heteroatoms. The number of hydrogen-bond acceptors (Lipinski definition) is 6. The topological polar surface area (TPSA) is 85.3 Å². The van der Waals surface area contributed by atoms with Gasteiger partial charge < -0.3 is 19.3 Å². The van der Waals surface area contributed by atoms with Crippen molar-refractivity contribution in [2.45, 2.75) is 19.4 Å². The van der Waals surface area contributed by atoms with Gasteiger partial charge in [0.1, 0.15) is 23.0 Å². The lowest BCUT2D eigenvalue weighted by Gasteiger charge is -2.26. The van der Waals surface area contributed by atoms with Crippen molar-refractivity contribution in [3.8, 4) is 17.2 Å². The van der Waals surface area contributed by atoms with Crippen LogP contribution in [0.25, 0.3) is 5.76 Å². The second kappa shape index (κ2) is 10.3. The third-order valence-electron chi connectivity index (χ3n) is 5.81. The van der Waals surface area contributed by atoms with Crippen molar-refractivity contribution in [1.29, 1.82) is 0 Å². The molecular formula is C28H27NO6. The molecule has 1 fully saturated rings.